The van der Waals surface area contributed by atoms with Gasteiger partial charge in [-0.2, -0.15) is 0 Å². The van der Waals surface area contributed by atoms with Crippen molar-refractivity contribution in [2.45, 2.75) is 19.5 Å². The van der Waals surface area contributed by atoms with Gasteiger partial charge in [-0.05, 0) is 33.2 Å². The van der Waals surface area contributed by atoms with E-state index in [0.717, 1.165) is 17.8 Å². The number of anilines is 1. The van der Waals surface area contributed by atoms with E-state index in [0.29, 0.717) is 11.9 Å². The van der Waals surface area contributed by atoms with Crippen molar-refractivity contribution in [2.24, 2.45) is 0 Å². The van der Waals surface area contributed by atoms with E-state index in [-0.39, 0.29) is 0 Å². The molecule has 0 saturated carbocycles. The Hall–Kier alpha value is -1.88. The van der Waals surface area contributed by atoms with Gasteiger partial charge in [-0.15, -0.1) is 0 Å². The van der Waals surface area contributed by atoms with Gasteiger partial charge in [-0.25, -0.2) is 9.97 Å². The maximum Gasteiger partial charge on any atom is 0.123 e. The summed E-state index contributed by atoms with van der Waals surface area (Å²) in [5.74, 6) is 0.529. The summed E-state index contributed by atoms with van der Waals surface area (Å²) in [5.41, 5.74) is 7.83. The van der Waals surface area contributed by atoms with Crippen LogP contribution in [-0.4, -0.2) is 39.6 Å². The monoisotopic (exact) mass is 245 g/mol. The van der Waals surface area contributed by atoms with E-state index in [1.54, 1.807) is 6.20 Å². The molecule has 2 aromatic heterocycles. The van der Waals surface area contributed by atoms with Crippen LogP contribution < -0.4 is 5.73 Å². The lowest BCUT2D eigenvalue weighted by molar-refractivity contribution is 0.284. The first kappa shape index (κ1) is 12.6. The lowest BCUT2D eigenvalue weighted by Gasteiger charge is -2.21. The van der Waals surface area contributed by atoms with Gasteiger partial charge in [0.1, 0.15) is 5.82 Å². The van der Waals surface area contributed by atoms with Crippen LogP contribution in [0.3, 0.4) is 0 Å². The molecule has 0 saturated heterocycles. The highest BCUT2D eigenvalue weighted by Crippen LogP contribution is 2.20. The van der Waals surface area contributed by atoms with Gasteiger partial charge in [0.05, 0.1) is 18.2 Å². The third-order valence-corrected chi connectivity index (χ3v) is 3.13. The van der Waals surface area contributed by atoms with Crippen LogP contribution in [0.5, 0.6) is 0 Å². The number of imidazole rings is 1. The van der Waals surface area contributed by atoms with Crippen LogP contribution in [0, 0.1) is 0 Å². The fourth-order valence-corrected chi connectivity index (χ4v) is 1.76. The highest BCUT2D eigenvalue weighted by molar-refractivity contribution is 5.61. The maximum atomic E-state index is 5.72. The predicted octanol–water partition coefficient (Wildman–Crippen LogP) is 1.48. The van der Waals surface area contributed by atoms with E-state index in [1.165, 1.54) is 0 Å². The second kappa shape index (κ2) is 5.18. The van der Waals surface area contributed by atoms with Crippen LogP contribution in [0.4, 0.5) is 5.82 Å². The van der Waals surface area contributed by atoms with Crippen LogP contribution >= 0.6 is 0 Å². The Morgan fingerprint density at radius 1 is 1.44 bits per heavy atom. The molecule has 1 atom stereocenters. The van der Waals surface area contributed by atoms with Gasteiger partial charge in [0.25, 0.3) is 0 Å². The molecule has 0 spiro atoms. The molecule has 2 heterocycles. The number of likely N-dealkylation sites (N-methyl/N-ethyl adjacent to an activating group) is 1. The van der Waals surface area contributed by atoms with Gasteiger partial charge in [-0.1, -0.05) is 0 Å². The largest absolute Gasteiger partial charge is 0.384 e. The summed E-state index contributed by atoms with van der Waals surface area (Å²) in [6, 6.07) is 4.26. The fourth-order valence-electron chi connectivity index (χ4n) is 1.76. The number of nitrogens with two attached hydrogens (primary N) is 1. The smallest absolute Gasteiger partial charge is 0.123 e. The minimum absolute atomic E-state index is 0.442. The van der Waals surface area contributed by atoms with Crippen LogP contribution in [0.2, 0.25) is 0 Å². The van der Waals surface area contributed by atoms with Crippen LogP contribution in [-0.2, 0) is 6.54 Å². The third kappa shape index (κ3) is 2.68. The number of rotatable bonds is 4. The molecule has 2 N–H and O–H groups in total. The first-order valence-electron chi connectivity index (χ1n) is 5.96. The number of hydrogen-bond acceptors (Lipinski definition) is 4. The maximum absolute atomic E-state index is 5.72. The molecular weight excluding hydrogens is 226 g/mol. The number of aromatic nitrogens is 3. The van der Waals surface area contributed by atoms with Gasteiger partial charge >= 0.3 is 0 Å². The molecule has 0 bridgehead atoms. The molecule has 5 nitrogen and oxygen atoms in total. The van der Waals surface area contributed by atoms with E-state index in [9.17, 15) is 0 Å². The quantitative estimate of drug-likeness (QED) is 0.886. The number of nitrogens with zero attached hydrogens (tertiary/aromatic N) is 4. The van der Waals surface area contributed by atoms with E-state index in [2.05, 4.69) is 40.5 Å². The molecule has 1 unspecified atom stereocenters. The summed E-state index contributed by atoms with van der Waals surface area (Å²) in [4.78, 5) is 10.4. The molecular formula is C13H19N5. The molecule has 0 aliphatic carbocycles. The molecule has 0 amide bonds. The Bertz CT molecular complexity index is 518. The Morgan fingerprint density at radius 3 is 2.89 bits per heavy atom. The van der Waals surface area contributed by atoms with Gasteiger partial charge < -0.3 is 15.2 Å². The molecule has 96 valence electrons. The van der Waals surface area contributed by atoms with Crippen molar-refractivity contribution in [3.8, 4) is 11.3 Å². The van der Waals surface area contributed by atoms with Crippen LogP contribution in [0.25, 0.3) is 11.3 Å². The first-order valence-corrected chi connectivity index (χ1v) is 5.96. The van der Waals surface area contributed by atoms with Crippen molar-refractivity contribution < 1.29 is 0 Å². The van der Waals surface area contributed by atoms with Gasteiger partial charge in [0.15, 0.2) is 0 Å². The molecule has 18 heavy (non-hydrogen) atoms. The summed E-state index contributed by atoms with van der Waals surface area (Å²) >= 11 is 0. The molecule has 0 aliphatic heterocycles. The predicted molar refractivity (Wildman–Crippen MR) is 73.0 cm³/mol. The zero-order chi connectivity index (χ0) is 13.1. The molecule has 5 heteroatoms. The summed E-state index contributed by atoms with van der Waals surface area (Å²) in [6.45, 7) is 3.08. The number of hydrogen-bond donors (Lipinski definition) is 1. The summed E-state index contributed by atoms with van der Waals surface area (Å²) < 4.78 is 2.14. The summed E-state index contributed by atoms with van der Waals surface area (Å²) in [7, 11) is 4.15. The van der Waals surface area contributed by atoms with E-state index in [1.807, 2.05) is 24.7 Å². The van der Waals surface area contributed by atoms with Crippen LogP contribution in [0.15, 0.2) is 30.9 Å². The van der Waals surface area contributed by atoms with Crippen molar-refractivity contribution in [1.82, 2.24) is 19.4 Å². The topological polar surface area (TPSA) is 60.0 Å². The zero-order valence-electron chi connectivity index (χ0n) is 11.0. The lowest BCUT2D eigenvalue weighted by Crippen LogP contribution is -2.29. The van der Waals surface area contributed by atoms with Gasteiger partial charge in [-0.3, -0.25) is 0 Å². The van der Waals surface area contributed by atoms with E-state index >= 15 is 0 Å². The molecule has 2 rings (SSSR count). The highest BCUT2D eigenvalue weighted by Gasteiger charge is 2.10. The van der Waals surface area contributed by atoms with Crippen LogP contribution in [0.1, 0.15) is 6.92 Å². The summed E-state index contributed by atoms with van der Waals surface area (Å²) in [6.07, 6.45) is 5.43. The average molecular weight is 245 g/mol. The average Bonchev–Trinajstić information content (AvgIpc) is 2.77. The zero-order valence-corrected chi connectivity index (χ0v) is 11.0. The van der Waals surface area contributed by atoms with E-state index in [4.69, 9.17) is 5.73 Å². The fraction of sp³-hybridized carbons (Fsp3) is 0.385. The summed E-state index contributed by atoms with van der Waals surface area (Å²) in [5, 5.41) is 0. The Labute approximate surface area is 107 Å². The highest BCUT2D eigenvalue weighted by atomic mass is 15.1. The molecule has 0 fully saturated rings. The van der Waals surface area contributed by atoms with Crippen molar-refractivity contribution in [3.63, 3.8) is 0 Å². The minimum Gasteiger partial charge on any atom is -0.384 e. The van der Waals surface area contributed by atoms with Crippen molar-refractivity contribution in [1.29, 1.82) is 0 Å². The minimum atomic E-state index is 0.442. The van der Waals surface area contributed by atoms with Gasteiger partial charge in [0.2, 0.25) is 0 Å². The molecule has 2 aromatic rings. The Balaban J connectivity index is 2.28. The van der Waals surface area contributed by atoms with Gasteiger partial charge in [0, 0.05) is 24.3 Å². The molecule has 0 radical (unpaired) electrons. The Kier molecular flexibility index (Phi) is 3.62. The lowest BCUT2D eigenvalue weighted by atomic mass is 10.2. The third-order valence-electron chi connectivity index (χ3n) is 3.13. The molecule has 0 aromatic carbocycles. The van der Waals surface area contributed by atoms with Crippen molar-refractivity contribution in [2.75, 3.05) is 19.8 Å². The second-order valence-corrected chi connectivity index (χ2v) is 4.71. The normalized spacial score (nSPS) is 12.9. The number of pyridine rings is 1. The second-order valence-electron chi connectivity index (χ2n) is 4.71. The van der Waals surface area contributed by atoms with E-state index < -0.39 is 0 Å². The first-order chi connectivity index (χ1) is 8.58. The Morgan fingerprint density at radius 2 is 2.22 bits per heavy atom. The SMILES string of the molecule is CC(Cn1cncc1-c1ccnc(N)c1)N(C)C. The van der Waals surface area contributed by atoms with Crippen molar-refractivity contribution in [3.05, 3.63) is 30.9 Å². The number of nitrogen functional groups attached to an aromatic ring is 1. The standard InChI is InChI=1S/C13H19N5/c1-10(17(2)3)8-18-9-15-7-12(18)11-4-5-16-13(14)6-11/h4-7,9-10H,8H2,1-3H3,(H2,14,16). The van der Waals surface area contributed by atoms with Crippen molar-refractivity contribution >= 4 is 5.82 Å². The molecule has 0 aliphatic rings.